The molecule has 1 aromatic heterocycles. The Balaban J connectivity index is 2.50. The van der Waals surface area contributed by atoms with Crippen LogP contribution in [0.15, 0.2) is 36.5 Å². The van der Waals surface area contributed by atoms with Crippen LogP contribution < -0.4 is 4.57 Å². The summed E-state index contributed by atoms with van der Waals surface area (Å²) in [4.78, 5) is 0. The van der Waals surface area contributed by atoms with Crippen molar-refractivity contribution in [3.63, 3.8) is 0 Å². The van der Waals surface area contributed by atoms with Crippen LogP contribution in [0.4, 0.5) is 0 Å². The fraction of sp³-hybridized carbons (Fsp3) is 0.450. The predicted octanol–water partition coefficient (Wildman–Crippen LogP) is 4.64. The van der Waals surface area contributed by atoms with Gasteiger partial charge < -0.3 is 0 Å². The van der Waals surface area contributed by atoms with Crippen LogP contribution in [0, 0.1) is 12.3 Å². The molecule has 0 spiro atoms. The molecule has 0 aliphatic heterocycles. The van der Waals surface area contributed by atoms with Crippen molar-refractivity contribution in [2.45, 2.75) is 47.5 Å². The van der Waals surface area contributed by atoms with E-state index < -0.39 is 0 Å². The molecule has 112 valence electrons. The number of hydrogen-bond donors (Lipinski definition) is 0. The maximum atomic E-state index is 2.35. The third-order valence-electron chi connectivity index (χ3n) is 3.93. The lowest BCUT2D eigenvalue weighted by molar-refractivity contribution is -0.660. The lowest BCUT2D eigenvalue weighted by Crippen LogP contribution is -2.31. The maximum Gasteiger partial charge on any atom is 0.212 e. The first-order chi connectivity index (χ1) is 9.80. The van der Waals surface area contributed by atoms with Crippen molar-refractivity contribution in [3.05, 3.63) is 53.2 Å². The molecule has 2 rings (SSSR count). The van der Waals surface area contributed by atoms with E-state index in [1.54, 1.807) is 0 Å². The summed E-state index contributed by atoms with van der Waals surface area (Å²) >= 11 is 0. The topological polar surface area (TPSA) is 3.88 Å². The number of aryl methyl sites for hydroxylation is 3. The molecule has 0 radical (unpaired) electrons. The van der Waals surface area contributed by atoms with Crippen molar-refractivity contribution in [1.29, 1.82) is 0 Å². The van der Waals surface area contributed by atoms with Crippen molar-refractivity contribution in [1.82, 2.24) is 0 Å². The number of nitrogens with zero attached hydrogens (tertiary/aromatic N) is 1. The van der Waals surface area contributed by atoms with Crippen molar-refractivity contribution in [2.75, 3.05) is 0 Å². The minimum Gasteiger partial charge on any atom is -0.201 e. The first-order valence-electron chi connectivity index (χ1n) is 7.88. The summed E-state index contributed by atoms with van der Waals surface area (Å²) in [6, 6.07) is 11.4. The van der Waals surface area contributed by atoms with E-state index >= 15 is 0 Å². The Morgan fingerprint density at radius 3 is 2.33 bits per heavy atom. The Hall–Kier alpha value is -1.63. The third kappa shape index (κ3) is 3.93. The summed E-state index contributed by atoms with van der Waals surface area (Å²) in [7, 11) is 2.13. The molecule has 1 heterocycles. The molecule has 1 heteroatoms. The fourth-order valence-electron chi connectivity index (χ4n) is 2.77. The van der Waals surface area contributed by atoms with E-state index in [2.05, 4.69) is 82.8 Å². The molecule has 0 fully saturated rings. The van der Waals surface area contributed by atoms with Crippen LogP contribution in [0.3, 0.4) is 0 Å². The predicted molar refractivity (Wildman–Crippen MR) is 90.3 cm³/mol. The van der Waals surface area contributed by atoms with Crippen LogP contribution in [0.2, 0.25) is 0 Å². The quantitative estimate of drug-likeness (QED) is 0.722. The normalized spacial score (nSPS) is 11.7. The SMILES string of the molecule is CCc1ccc(C)c(-c2cc(CC(C)(C)C)cc[n+]2C)c1. The van der Waals surface area contributed by atoms with Crippen molar-refractivity contribution >= 4 is 0 Å². The molecule has 21 heavy (non-hydrogen) atoms. The Kier molecular flexibility index (Phi) is 4.51. The van der Waals surface area contributed by atoms with Gasteiger partial charge in [0, 0.05) is 17.7 Å². The summed E-state index contributed by atoms with van der Waals surface area (Å²) in [5.74, 6) is 0. The molecule has 1 aromatic carbocycles. The van der Waals surface area contributed by atoms with Crippen LogP contribution in [0.25, 0.3) is 11.3 Å². The van der Waals surface area contributed by atoms with Gasteiger partial charge in [0.25, 0.3) is 0 Å². The molecule has 0 aliphatic carbocycles. The van der Waals surface area contributed by atoms with E-state index in [4.69, 9.17) is 0 Å². The van der Waals surface area contributed by atoms with E-state index in [1.807, 2.05) is 0 Å². The Labute approximate surface area is 129 Å². The highest BCUT2D eigenvalue weighted by Crippen LogP contribution is 2.25. The average Bonchev–Trinajstić information content (AvgIpc) is 2.40. The molecule has 0 atom stereocenters. The molecule has 0 aliphatic rings. The zero-order valence-electron chi connectivity index (χ0n) is 14.3. The molecule has 2 aromatic rings. The van der Waals surface area contributed by atoms with Crippen LogP contribution in [-0.2, 0) is 19.9 Å². The van der Waals surface area contributed by atoms with Crippen LogP contribution in [0.1, 0.15) is 44.4 Å². The van der Waals surface area contributed by atoms with Gasteiger partial charge >= 0.3 is 0 Å². The molecule has 0 saturated carbocycles. The standard InChI is InChI=1S/C20H28N/c1-7-16-9-8-15(2)18(12-16)19-13-17(10-11-21(19)6)14-20(3,4)5/h8-13H,7,14H2,1-6H3/q+1. The average molecular weight is 282 g/mol. The maximum absolute atomic E-state index is 2.35. The van der Waals surface area contributed by atoms with Gasteiger partial charge in [-0.15, -0.1) is 0 Å². The molecule has 0 bridgehead atoms. The van der Waals surface area contributed by atoms with E-state index in [0.717, 1.165) is 12.8 Å². The first kappa shape index (κ1) is 15.8. The number of rotatable bonds is 3. The molecule has 1 nitrogen and oxygen atoms in total. The van der Waals surface area contributed by atoms with Crippen LogP contribution in [-0.4, -0.2) is 0 Å². The van der Waals surface area contributed by atoms with Crippen molar-refractivity contribution in [3.8, 4) is 11.3 Å². The lowest BCUT2D eigenvalue weighted by atomic mass is 9.88. The molecular weight excluding hydrogens is 254 g/mol. The number of benzene rings is 1. The van der Waals surface area contributed by atoms with Gasteiger partial charge in [-0.3, -0.25) is 0 Å². The third-order valence-corrected chi connectivity index (χ3v) is 3.93. The molecule has 0 N–H and O–H groups in total. The minimum atomic E-state index is 0.317. The van der Waals surface area contributed by atoms with Gasteiger partial charge in [-0.05, 0) is 47.9 Å². The van der Waals surface area contributed by atoms with E-state index in [1.165, 1.54) is 27.9 Å². The Bertz CT molecular complexity index is 633. The van der Waals surface area contributed by atoms with Gasteiger partial charge in [0.2, 0.25) is 5.69 Å². The Morgan fingerprint density at radius 2 is 1.71 bits per heavy atom. The molecule has 0 saturated heterocycles. The second-order valence-corrected chi connectivity index (χ2v) is 7.27. The monoisotopic (exact) mass is 282 g/mol. The van der Waals surface area contributed by atoms with Gasteiger partial charge in [0.15, 0.2) is 6.20 Å². The zero-order valence-corrected chi connectivity index (χ0v) is 14.3. The molecular formula is C20H28N+. The number of pyridine rings is 1. The summed E-state index contributed by atoms with van der Waals surface area (Å²) in [5.41, 5.74) is 7.14. The largest absolute Gasteiger partial charge is 0.212 e. The van der Waals surface area contributed by atoms with Gasteiger partial charge in [-0.2, -0.15) is 0 Å². The summed E-state index contributed by atoms with van der Waals surface area (Å²) in [6.07, 6.45) is 4.38. The highest BCUT2D eigenvalue weighted by Gasteiger charge is 2.17. The first-order valence-corrected chi connectivity index (χ1v) is 7.88. The van der Waals surface area contributed by atoms with Gasteiger partial charge in [0.1, 0.15) is 7.05 Å². The highest BCUT2D eigenvalue weighted by molar-refractivity contribution is 5.62. The van der Waals surface area contributed by atoms with Crippen LogP contribution in [0.5, 0.6) is 0 Å². The minimum absolute atomic E-state index is 0.317. The van der Waals surface area contributed by atoms with Gasteiger partial charge in [0.05, 0.1) is 0 Å². The zero-order chi connectivity index (χ0) is 15.6. The fourth-order valence-corrected chi connectivity index (χ4v) is 2.77. The van der Waals surface area contributed by atoms with E-state index in [9.17, 15) is 0 Å². The molecule has 0 unspecified atom stereocenters. The second kappa shape index (κ2) is 6.01. The summed E-state index contributed by atoms with van der Waals surface area (Å²) in [6.45, 7) is 11.3. The van der Waals surface area contributed by atoms with Crippen molar-refractivity contribution in [2.24, 2.45) is 12.5 Å². The smallest absolute Gasteiger partial charge is 0.201 e. The molecule has 0 amide bonds. The summed E-state index contributed by atoms with van der Waals surface area (Å²) in [5, 5.41) is 0. The van der Waals surface area contributed by atoms with E-state index in [0.29, 0.717) is 5.41 Å². The lowest BCUT2D eigenvalue weighted by Gasteiger charge is -2.18. The van der Waals surface area contributed by atoms with Gasteiger partial charge in [-0.1, -0.05) is 39.8 Å². The second-order valence-electron chi connectivity index (χ2n) is 7.27. The van der Waals surface area contributed by atoms with Crippen molar-refractivity contribution < 1.29 is 4.57 Å². The van der Waals surface area contributed by atoms with E-state index in [-0.39, 0.29) is 0 Å². The van der Waals surface area contributed by atoms with Crippen LogP contribution >= 0.6 is 0 Å². The summed E-state index contributed by atoms with van der Waals surface area (Å²) < 4.78 is 2.23. The Morgan fingerprint density at radius 1 is 1.00 bits per heavy atom. The number of aromatic nitrogens is 1. The number of hydrogen-bond acceptors (Lipinski definition) is 0. The van der Waals surface area contributed by atoms with Gasteiger partial charge in [-0.25, -0.2) is 4.57 Å². The highest BCUT2D eigenvalue weighted by atomic mass is 14.9.